The Morgan fingerprint density at radius 3 is 1.14 bits per heavy atom. The molecule has 0 rings (SSSR count). The minimum Gasteiger partial charge on any atom is -0.181 e. The van der Waals surface area contributed by atoms with E-state index >= 15 is 0 Å². The molecule has 0 aliphatic rings. The van der Waals surface area contributed by atoms with Crippen molar-refractivity contribution in [3.05, 3.63) is 0 Å². The van der Waals surface area contributed by atoms with Gasteiger partial charge in [-0.3, -0.25) is 0 Å². The summed E-state index contributed by atoms with van der Waals surface area (Å²) in [6.45, 7) is 7.19. The summed E-state index contributed by atoms with van der Waals surface area (Å²) in [4.78, 5) is 0. The van der Waals surface area contributed by atoms with Crippen LogP contribution in [0.1, 0.15) is 59.3 Å². The van der Waals surface area contributed by atoms with E-state index in [4.69, 9.17) is 0 Å². The van der Waals surface area contributed by atoms with E-state index in [1.165, 1.54) is 38.5 Å². The predicted molar refractivity (Wildman–Crippen MR) is 66.3 cm³/mol. The smallest absolute Gasteiger partial charge is 0.181 e. The zero-order valence-electron chi connectivity index (χ0n) is 11.1. The van der Waals surface area contributed by atoms with Crippen LogP contribution in [-0.2, 0) is 0 Å². The third kappa shape index (κ3) is 11.1. The summed E-state index contributed by atoms with van der Waals surface area (Å²) < 4.78 is 0. The number of hydrogen-bond acceptors (Lipinski definition) is 0. The van der Waals surface area contributed by atoms with Gasteiger partial charge in [-0.15, -0.1) is 0 Å². The summed E-state index contributed by atoms with van der Waals surface area (Å²) in [6, 6.07) is 0. The van der Waals surface area contributed by atoms with Gasteiger partial charge in [0.05, 0.1) is 0 Å². The summed E-state index contributed by atoms with van der Waals surface area (Å²) in [7, 11) is 0. The van der Waals surface area contributed by atoms with Gasteiger partial charge in [0.15, 0.2) is 0 Å². The molecule has 0 saturated heterocycles. The largest absolute Gasteiger partial charge is 1.00 e. The molecule has 80 valence electrons. The van der Waals surface area contributed by atoms with Crippen LogP contribution >= 0.6 is 0 Å². The van der Waals surface area contributed by atoms with E-state index in [0.29, 0.717) is 0 Å². The second kappa shape index (κ2) is 14.1. The van der Waals surface area contributed by atoms with Crippen molar-refractivity contribution in [2.45, 2.75) is 78.3 Å². The molecule has 0 saturated carbocycles. The maximum atomic E-state index is 2.32. The van der Waals surface area contributed by atoms with Gasteiger partial charge in [-0.1, -0.05) is 59.3 Å². The third-order valence-corrected chi connectivity index (χ3v) is 3.31. The van der Waals surface area contributed by atoms with Crippen LogP contribution in [0.15, 0.2) is 0 Å². The second-order valence-corrected chi connectivity index (χ2v) is 4.68. The molecule has 0 aromatic heterocycles. The summed E-state index contributed by atoms with van der Waals surface area (Å²) in [6.07, 6.45) is 13.3. The van der Waals surface area contributed by atoms with E-state index in [1.54, 1.807) is 19.0 Å². The first-order valence-corrected chi connectivity index (χ1v) is 6.62. The van der Waals surface area contributed by atoms with Gasteiger partial charge in [-0.05, 0) is 6.71 Å². The van der Waals surface area contributed by atoms with Crippen molar-refractivity contribution in [2.24, 2.45) is 0 Å². The molecule has 0 amide bonds. The summed E-state index contributed by atoms with van der Waals surface area (Å²) in [5.74, 6) is 0. The molecule has 0 nitrogen and oxygen atoms in total. The molecule has 0 radical (unpaired) electrons. The van der Waals surface area contributed by atoms with Crippen LogP contribution in [0.4, 0.5) is 0 Å². The van der Waals surface area contributed by atoms with Gasteiger partial charge >= 0.3 is 29.6 Å². The van der Waals surface area contributed by atoms with E-state index in [0.717, 1.165) is 0 Å². The molecular weight excluding hydrogens is 178 g/mol. The Hall–Kier alpha value is 1.06. The molecule has 0 aliphatic heterocycles. The molecule has 14 heavy (non-hydrogen) atoms. The minimum atomic E-state index is 0. The number of rotatable bonds is 9. The monoisotopic (exact) mass is 206 g/mol. The van der Waals surface area contributed by atoms with E-state index in [9.17, 15) is 0 Å². The molecule has 0 unspecified atom stereocenters. The van der Waals surface area contributed by atoms with Crippen LogP contribution in [0, 0.1) is 0 Å². The van der Waals surface area contributed by atoms with Crippen LogP contribution in [0.3, 0.4) is 0 Å². The maximum Gasteiger partial charge on any atom is 1.00 e. The van der Waals surface area contributed by atoms with Gasteiger partial charge in [0, 0.05) is 0 Å². The molecule has 0 atom stereocenters. The van der Waals surface area contributed by atoms with Crippen molar-refractivity contribution in [1.29, 1.82) is 0 Å². The Labute approximate surface area is 114 Å². The van der Waals surface area contributed by atoms with E-state index in [1.807, 2.05) is 0 Å². The SMILES string of the molecule is CCCC[BH-](CCCC)CCCC.[Na+]. The Bertz CT molecular complexity index is 77.3. The third-order valence-electron chi connectivity index (χ3n) is 3.31. The summed E-state index contributed by atoms with van der Waals surface area (Å²) >= 11 is 0. The average molecular weight is 206 g/mol. The fraction of sp³-hybridized carbons (Fsp3) is 1.00. The Morgan fingerprint density at radius 1 is 0.643 bits per heavy atom. The van der Waals surface area contributed by atoms with E-state index < -0.39 is 0 Å². The standard InChI is InChI=1S/C12H28B.Na/c1-4-7-10-13(11-8-5-2)12-9-6-3;/h13H,4-12H2,1-3H3;/q-1;+1. The Kier molecular flexibility index (Phi) is 17.5. The molecule has 0 aromatic carbocycles. The average Bonchev–Trinajstić information content (AvgIpc) is 2.17. The fourth-order valence-corrected chi connectivity index (χ4v) is 2.34. The van der Waals surface area contributed by atoms with Crippen molar-refractivity contribution in [3.63, 3.8) is 0 Å². The van der Waals surface area contributed by atoms with Crippen LogP contribution in [0.25, 0.3) is 0 Å². The van der Waals surface area contributed by atoms with Crippen LogP contribution < -0.4 is 29.6 Å². The van der Waals surface area contributed by atoms with Crippen LogP contribution in [0.5, 0.6) is 0 Å². The predicted octanol–water partition coefficient (Wildman–Crippen LogP) is 1.62. The molecule has 0 aliphatic carbocycles. The van der Waals surface area contributed by atoms with Crippen LogP contribution in [0.2, 0.25) is 19.0 Å². The Morgan fingerprint density at radius 2 is 0.929 bits per heavy atom. The molecule has 0 spiro atoms. The van der Waals surface area contributed by atoms with E-state index in [-0.39, 0.29) is 36.3 Å². The number of unbranched alkanes of at least 4 members (excludes halogenated alkanes) is 3. The minimum absolute atomic E-state index is 0. The van der Waals surface area contributed by atoms with Crippen molar-refractivity contribution < 1.29 is 29.6 Å². The van der Waals surface area contributed by atoms with Gasteiger partial charge < -0.3 is 0 Å². The van der Waals surface area contributed by atoms with Crippen molar-refractivity contribution in [1.82, 2.24) is 0 Å². The van der Waals surface area contributed by atoms with Gasteiger partial charge in [-0.25, -0.2) is 0 Å². The normalized spacial score (nSPS) is 10.3. The fourth-order valence-electron chi connectivity index (χ4n) is 2.34. The first kappa shape index (κ1) is 17.5. The zero-order chi connectivity index (χ0) is 9.94. The van der Waals surface area contributed by atoms with Gasteiger partial charge in [0.1, 0.15) is 0 Å². The van der Waals surface area contributed by atoms with Gasteiger partial charge in [-0.2, -0.15) is 19.0 Å². The summed E-state index contributed by atoms with van der Waals surface area (Å²) in [5, 5.41) is 0. The first-order valence-electron chi connectivity index (χ1n) is 6.62. The first-order chi connectivity index (χ1) is 6.35. The van der Waals surface area contributed by atoms with Crippen molar-refractivity contribution >= 4 is 6.71 Å². The summed E-state index contributed by atoms with van der Waals surface area (Å²) in [5.41, 5.74) is 0. The van der Waals surface area contributed by atoms with Gasteiger partial charge in [0.2, 0.25) is 0 Å². The number of hydrogen-bond donors (Lipinski definition) is 0. The van der Waals surface area contributed by atoms with Crippen molar-refractivity contribution in [2.75, 3.05) is 0 Å². The van der Waals surface area contributed by atoms with Crippen LogP contribution in [-0.4, -0.2) is 6.71 Å². The molecule has 0 fully saturated rings. The Balaban J connectivity index is 0. The van der Waals surface area contributed by atoms with E-state index in [2.05, 4.69) is 20.8 Å². The quantitative estimate of drug-likeness (QED) is 0.503. The topological polar surface area (TPSA) is 0 Å². The van der Waals surface area contributed by atoms with Crippen molar-refractivity contribution in [3.8, 4) is 0 Å². The molecule has 2 heteroatoms. The molecular formula is C12H28BNa. The molecule has 0 N–H and O–H groups in total. The molecule has 0 bridgehead atoms. The van der Waals surface area contributed by atoms with Gasteiger partial charge in [0.25, 0.3) is 0 Å². The molecule has 0 aromatic rings. The second-order valence-electron chi connectivity index (χ2n) is 4.68. The molecule has 0 heterocycles. The maximum absolute atomic E-state index is 2.32. The zero-order valence-corrected chi connectivity index (χ0v) is 13.1.